The first-order chi connectivity index (χ1) is 23.0. The second-order valence-electron chi connectivity index (χ2n) is 12.9. The fraction of sp³-hybridized carbons (Fsp3) is 0.529. The van der Waals surface area contributed by atoms with Crippen LogP contribution in [0.5, 0.6) is 0 Å². The zero-order valence-electron chi connectivity index (χ0n) is 27.5. The molecule has 256 valence electrons. The van der Waals surface area contributed by atoms with Crippen molar-refractivity contribution in [2.45, 2.75) is 64.5 Å². The Kier molecular flexibility index (Phi) is 10.2. The minimum Gasteiger partial charge on any atom is -0.375 e. The maximum absolute atomic E-state index is 13.0. The highest BCUT2D eigenvalue weighted by Gasteiger charge is 2.30. The molecule has 14 heteroatoms. The standard InChI is InChI=1S/C34H41F3N8O2S/c1-22(43-10-12-44(13-11-43)31(46)20-47-3)18-45-26(17-38)14-28-23(2)24(4-5-30(28)45)19-42-8-6-25(7-9-42)41-32-29-15-27(16-34(35,36)37)48-33(29)40-21-39-32/h4-5,14-15,21-22,25H,6-13,16,18-20H2,1-3H3,(H,39,40,41)/t22-/m0/s1. The van der Waals surface area contributed by atoms with Crippen LogP contribution in [0.15, 0.2) is 30.6 Å². The number of halogens is 3. The number of carbonyl (C=O) groups is 1. The van der Waals surface area contributed by atoms with Crippen molar-refractivity contribution in [3.8, 4) is 6.07 Å². The van der Waals surface area contributed by atoms with E-state index in [-0.39, 0.29) is 29.5 Å². The number of piperidine rings is 1. The first-order valence-electron chi connectivity index (χ1n) is 16.3. The van der Waals surface area contributed by atoms with E-state index in [2.05, 4.69) is 61.7 Å². The number of hydrogen-bond donors (Lipinski definition) is 1. The van der Waals surface area contributed by atoms with Gasteiger partial charge < -0.3 is 19.5 Å². The van der Waals surface area contributed by atoms with E-state index >= 15 is 0 Å². The molecule has 4 aromatic rings. The van der Waals surface area contributed by atoms with Crippen molar-refractivity contribution in [1.29, 1.82) is 5.26 Å². The van der Waals surface area contributed by atoms with E-state index < -0.39 is 12.6 Å². The van der Waals surface area contributed by atoms with Crippen molar-refractivity contribution >= 4 is 44.2 Å². The van der Waals surface area contributed by atoms with Crippen LogP contribution in [0.1, 0.15) is 41.5 Å². The Morgan fingerprint density at radius 3 is 2.56 bits per heavy atom. The molecule has 2 aliphatic heterocycles. The van der Waals surface area contributed by atoms with Gasteiger partial charge in [-0.25, -0.2) is 9.97 Å². The monoisotopic (exact) mass is 682 g/mol. The number of piperazine rings is 1. The number of benzene rings is 1. The number of amides is 1. The third-order valence-corrected chi connectivity index (χ3v) is 10.7. The molecule has 2 saturated heterocycles. The Balaban J connectivity index is 1.07. The number of aromatic nitrogens is 3. The number of alkyl halides is 3. The van der Waals surface area contributed by atoms with Crippen LogP contribution in [0.3, 0.4) is 0 Å². The molecular formula is C34H41F3N8O2S. The highest BCUT2D eigenvalue weighted by Crippen LogP contribution is 2.33. The number of thiophene rings is 1. The molecule has 0 unspecified atom stereocenters. The van der Waals surface area contributed by atoms with E-state index in [9.17, 15) is 23.2 Å². The van der Waals surface area contributed by atoms with E-state index in [0.29, 0.717) is 41.4 Å². The molecule has 1 N–H and O–H groups in total. The topological polar surface area (TPSA) is 103 Å². The van der Waals surface area contributed by atoms with Crippen molar-refractivity contribution < 1.29 is 22.7 Å². The van der Waals surface area contributed by atoms with Crippen molar-refractivity contribution in [3.63, 3.8) is 0 Å². The number of nitriles is 1. The number of anilines is 1. The van der Waals surface area contributed by atoms with Crippen LogP contribution in [-0.4, -0.2) is 106 Å². The van der Waals surface area contributed by atoms with Crippen LogP contribution in [0.25, 0.3) is 21.1 Å². The Bertz CT molecular complexity index is 1800. The fourth-order valence-corrected chi connectivity index (χ4v) is 7.99. The van der Waals surface area contributed by atoms with Gasteiger partial charge in [0.15, 0.2) is 0 Å². The number of fused-ring (bicyclic) bond motifs is 2. The first kappa shape index (κ1) is 34.1. The highest BCUT2D eigenvalue weighted by molar-refractivity contribution is 7.18. The molecule has 10 nitrogen and oxygen atoms in total. The number of methoxy groups -OCH3 is 1. The summed E-state index contributed by atoms with van der Waals surface area (Å²) in [5, 5.41) is 15.2. The van der Waals surface area contributed by atoms with Crippen LogP contribution in [-0.2, 0) is 29.0 Å². The van der Waals surface area contributed by atoms with E-state index in [1.165, 1.54) is 24.6 Å². The zero-order chi connectivity index (χ0) is 34.0. The summed E-state index contributed by atoms with van der Waals surface area (Å²) in [5.41, 5.74) is 4.11. The molecule has 0 bridgehead atoms. The number of aryl methyl sites for hydroxylation is 1. The van der Waals surface area contributed by atoms with Gasteiger partial charge in [-0.1, -0.05) is 6.07 Å². The molecule has 3 aromatic heterocycles. The average molecular weight is 683 g/mol. The molecule has 0 spiro atoms. The molecule has 1 aromatic carbocycles. The van der Waals surface area contributed by atoms with Gasteiger partial charge in [-0.2, -0.15) is 18.4 Å². The van der Waals surface area contributed by atoms with Gasteiger partial charge in [0.2, 0.25) is 5.91 Å². The maximum atomic E-state index is 13.0. The Morgan fingerprint density at radius 2 is 1.88 bits per heavy atom. The van der Waals surface area contributed by atoms with Crippen LogP contribution in [0, 0.1) is 18.3 Å². The fourth-order valence-electron chi connectivity index (χ4n) is 6.96. The number of ether oxygens (including phenoxy) is 1. The van der Waals surface area contributed by atoms with Gasteiger partial charge in [0.05, 0.1) is 11.8 Å². The number of hydrogen-bond acceptors (Lipinski definition) is 9. The second kappa shape index (κ2) is 14.4. The Morgan fingerprint density at radius 1 is 1.12 bits per heavy atom. The van der Waals surface area contributed by atoms with Gasteiger partial charge in [0, 0.05) is 87.3 Å². The predicted octanol–water partition coefficient (Wildman–Crippen LogP) is 5.19. The summed E-state index contributed by atoms with van der Waals surface area (Å²) in [6.07, 6.45) is -2.05. The number of nitrogens with one attached hydrogen (secondary N) is 1. The van der Waals surface area contributed by atoms with Gasteiger partial charge in [0.1, 0.15) is 35.3 Å². The lowest BCUT2D eigenvalue weighted by atomic mass is 10.0. The summed E-state index contributed by atoms with van der Waals surface area (Å²) in [7, 11) is 1.54. The number of carbonyl (C=O) groups excluding carboxylic acids is 1. The lowest BCUT2D eigenvalue weighted by molar-refractivity contribution is -0.137. The smallest absolute Gasteiger partial charge is 0.375 e. The molecular weight excluding hydrogens is 641 g/mol. The molecule has 6 rings (SSSR count). The molecule has 1 amide bonds. The van der Waals surface area contributed by atoms with Crippen LogP contribution in [0.4, 0.5) is 19.0 Å². The summed E-state index contributed by atoms with van der Waals surface area (Å²) < 4.78 is 46.0. The molecule has 48 heavy (non-hydrogen) atoms. The second-order valence-corrected chi connectivity index (χ2v) is 14.0. The van der Waals surface area contributed by atoms with Crippen LogP contribution < -0.4 is 5.32 Å². The summed E-state index contributed by atoms with van der Waals surface area (Å²) >= 11 is 1.06. The van der Waals surface area contributed by atoms with Gasteiger partial charge >= 0.3 is 6.18 Å². The van der Waals surface area contributed by atoms with Crippen LogP contribution >= 0.6 is 11.3 Å². The zero-order valence-corrected chi connectivity index (χ0v) is 28.3. The summed E-state index contributed by atoms with van der Waals surface area (Å²) in [6.45, 7) is 10.6. The van der Waals surface area contributed by atoms with E-state index in [4.69, 9.17) is 4.74 Å². The van der Waals surface area contributed by atoms with Crippen LogP contribution in [0.2, 0.25) is 0 Å². The van der Waals surface area contributed by atoms with Crippen molar-refractivity contribution in [2.75, 3.05) is 58.3 Å². The quantitative estimate of drug-likeness (QED) is 0.244. The third-order valence-electron chi connectivity index (χ3n) is 9.66. The van der Waals surface area contributed by atoms with Gasteiger partial charge in [-0.15, -0.1) is 11.3 Å². The van der Waals surface area contributed by atoms with E-state index in [0.717, 1.165) is 67.8 Å². The first-order valence-corrected chi connectivity index (χ1v) is 17.2. The molecule has 0 radical (unpaired) electrons. The average Bonchev–Trinajstić information content (AvgIpc) is 3.64. The molecule has 5 heterocycles. The summed E-state index contributed by atoms with van der Waals surface area (Å²) in [5.74, 6) is 0.613. The van der Waals surface area contributed by atoms with Crippen molar-refractivity contribution in [1.82, 2.24) is 29.2 Å². The minimum atomic E-state index is -4.26. The number of likely N-dealkylation sites (tertiary alicyclic amines) is 1. The largest absolute Gasteiger partial charge is 0.393 e. The summed E-state index contributed by atoms with van der Waals surface area (Å²) in [6, 6.07) is 10.6. The van der Waals surface area contributed by atoms with Gasteiger partial charge in [-0.05, 0) is 56.0 Å². The van der Waals surface area contributed by atoms with Crippen molar-refractivity contribution in [2.24, 2.45) is 0 Å². The molecule has 0 aliphatic carbocycles. The highest BCUT2D eigenvalue weighted by atomic mass is 32.1. The molecule has 2 fully saturated rings. The third kappa shape index (κ3) is 7.59. The number of rotatable bonds is 10. The van der Waals surface area contributed by atoms with E-state index in [1.54, 1.807) is 6.07 Å². The lowest BCUT2D eigenvalue weighted by Gasteiger charge is -2.38. The SMILES string of the molecule is COCC(=O)N1CCN([C@@H](C)Cn2c(C#N)cc3c(C)c(CN4CCC(Nc5ncnc6sc(CC(F)(F)F)cc56)CC4)ccc32)CC1. The number of nitrogens with zero attached hydrogens (tertiary/aromatic N) is 7. The Labute approximate surface area is 282 Å². The van der Waals surface area contributed by atoms with Gasteiger partial charge in [0.25, 0.3) is 0 Å². The maximum Gasteiger partial charge on any atom is 0.393 e. The lowest BCUT2D eigenvalue weighted by Crippen LogP contribution is -2.52. The normalized spacial score (nSPS) is 17.6. The molecule has 0 saturated carbocycles. The van der Waals surface area contributed by atoms with Gasteiger partial charge in [-0.3, -0.25) is 14.6 Å². The summed E-state index contributed by atoms with van der Waals surface area (Å²) in [4.78, 5) is 28.2. The molecule has 2 aliphatic rings. The predicted molar refractivity (Wildman–Crippen MR) is 180 cm³/mol. The van der Waals surface area contributed by atoms with E-state index in [1.807, 2.05) is 11.0 Å². The minimum absolute atomic E-state index is 0.0198. The van der Waals surface area contributed by atoms with Crippen molar-refractivity contribution in [3.05, 3.63) is 52.3 Å². The molecule has 1 atom stereocenters. The Hall–Kier alpha value is -3.77.